The Morgan fingerprint density at radius 1 is 1.33 bits per heavy atom. The molecule has 96 valence electrons. The first-order valence-corrected chi connectivity index (χ1v) is 5.08. The molecule has 1 heterocycles. The van der Waals surface area contributed by atoms with Gasteiger partial charge in [0.1, 0.15) is 5.69 Å². The van der Waals surface area contributed by atoms with E-state index in [1.807, 2.05) is 0 Å². The lowest BCUT2D eigenvalue weighted by atomic mass is 10.2. The van der Waals surface area contributed by atoms with E-state index in [4.69, 9.17) is 4.74 Å². The first-order chi connectivity index (χ1) is 8.50. The van der Waals surface area contributed by atoms with Crippen molar-refractivity contribution in [3.05, 3.63) is 41.7 Å². The lowest BCUT2D eigenvalue weighted by Crippen LogP contribution is -2.06. The molecule has 0 fully saturated rings. The summed E-state index contributed by atoms with van der Waals surface area (Å²) >= 11 is 0. The molecular formula is C11H10F3N3O. The lowest BCUT2D eigenvalue weighted by Gasteiger charge is -2.07. The first-order valence-electron chi connectivity index (χ1n) is 5.08. The van der Waals surface area contributed by atoms with E-state index in [1.54, 1.807) is 0 Å². The summed E-state index contributed by atoms with van der Waals surface area (Å²) in [5, 5.41) is 7.53. The van der Waals surface area contributed by atoms with E-state index in [2.05, 4.69) is 10.3 Å². The number of aromatic nitrogens is 3. The first kappa shape index (κ1) is 12.6. The SMILES string of the molecule is COCc1cn(-c2cccc(C(F)(F)F)c2)nn1. The Hall–Kier alpha value is -1.89. The third kappa shape index (κ3) is 2.67. The predicted octanol–water partition coefficient (Wildman–Crippen LogP) is 2.43. The van der Waals surface area contributed by atoms with Crippen LogP contribution in [0.4, 0.5) is 13.2 Å². The molecule has 0 saturated carbocycles. The summed E-state index contributed by atoms with van der Waals surface area (Å²) in [5.41, 5.74) is 0.137. The van der Waals surface area contributed by atoms with Crippen molar-refractivity contribution in [2.45, 2.75) is 12.8 Å². The third-order valence-electron chi connectivity index (χ3n) is 2.27. The van der Waals surface area contributed by atoms with Crippen LogP contribution in [0.1, 0.15) is 11.3 Å². The van der Waals surface area contributed by atoms with Gasteiger partial charge >= 0.3 is 6.18 Å². The number of alkyl halides is 3. The monoisotopic (exact) mass is 257 g/mol. The van der Waals surface area contributed by atoms with Crippen molar-refractivity contribution in [1.82, 2.24) is 15.0 Å². The molecule has 0 spiro atoms. The second-order valence-electron chi connectivity index (χ2n) is 3.64. The van der Waals surface area contributed by atoms with Crippen molar-refractivity contribution in [3.63, 3.8) is 0 Å². The minimum atomic E-state index is -4.37. The molecule has 0 amide bonds. The van der Waals surface area contributed by atoms with Crippen LogP contribution in [0.25, 0.3) is 5.69 Å². The van der Waals surface area contributed by atoms with Crippen molar-refractivity contribution in [2.75, 3.05) is 7.11 Å². The van der Waals surface area contributed by atoms with Crippen molar-refractivity contribution in [1.29, 1.82) is 0 Å². The van der Waals surface area contributed by atoms with Crippen LogP contribution in [0.15, 0.2) is 30.5 Å². The van der Waals surface area contributed by atoms with E-state index in [0.29, 0.717) is 11.4 Å². The zero-order valence-electron chi connectivity index (χ0n) is 9.48. The molecule has 2 rings (SSSR count). The number of methoxy groups -OCH3 is 1. The van der Waals surface area contributed by atoms with Crippen LogP contribution >= 0.6 is 0 Å². The highest BCUT2D eigenvalue weighted by atomic mass is 19.4. The zero-order chi connectivity index (χ0) is 13.2. The lowest BCUT2D eigenvalue weighted by molar-refractivity contribution is -0.137. The second-order valence-corrected chi connectivity index (χ2v) is 3.64. The maximum atomic E-state index is 12.5. The summed E-state index contributed by atoms with van der Waals surface area (Å²) in [7, 11) is 1.50. The number of halogens is 3. The van der Waals surface area contributed by atoms with Crippen molar-refractivity contribution < 1.29 is 17.9 Å². The Kier molecular flexibility index (Phi) is 3.33. The molecule has 0 saturated heterocycles. The van der Waals surface area contributed by atoms with Gasteiger partial charge in [0.25, 0.3) is 0 Å². The van der Waals surface area contributed by atoms with E-state index >= 15 is 0 Å². The van der Waals surface area contributed by atoms with Gasteiger partial charge in [-0.3, -0.25) is 0 Å². The fraction of sp³-hybridized carbons (Fsp3) is 0.273. The summed E-state index contributed by atoms with van der Waals surface area (Å²) < 4.78 is 43.8. The number of hydrogen-bond acceptors (Lipinski definition) is 3. The summed E-state index contributed by atoms with van der Waals surface area (Å²) in [6.07, 6.45) is -2.84. The highest BCUT2D eigenvalue weighted by Gasteiger charge is 2.30. The van der Waals surface area contributed by atoms with Gasteiger partial charge < -0.3 is 4.74 Å². The van der Waals surface area contributed by atoms with Crippen LogP contribution < -0.4 is 0 Å². The largest absolute Gasteiger partial charge is 0.416 e. The van der Waals surface area contributed by atoms with Gasteiger partial charge in [-0.05, 0) is 18.2 Å². The van der Waals surface area contributed by atoms with Gasteiger partial charge in [-0.15, -0.1) is 5.10 Å². The molecule has 0 radical (unpaired) electrons. The van der Waals surface area contributed by atoms with Gasteiger partial charge in [-0.2, -0.15) is 13.2 Å². The van der Waals surface area contributed by atoms with Crippen LogP contribution in [0.5, 0.6) is 0 Å². The molecule has 0 aliphatic carbocycles. The van der Waals surface area contributed by atoms with Gasteiger partial charge in [0.2, 0.25) is 0 Å². The Morgan fingerprint density at radius 3 is 2.78 bits per heavy atom. The Morgan fingerprint density at radius 2 is 2.11 bits per heavy atom. The number of hydrogen-bond donors (Lipinski definition) is 0. The smallest absolute Gasteiger partial charge is 0.378 e. The van der Waals surface area contributed by atoms with Crippen LogP contribution in [-0.2, 0) is 17.5 Å². The quantitative estimate of drug-likeness (QED) is 0.847. The minimum absolute atomic E-state index is 0.263. The number of ether oxygens (including phenoxy) is 1. The summed E-state index contributed by atoms with van der Waals surface area (Å²) in [5.74, 6) is 0. The molecule has 7 heteroatoms. The van der Waals surface area contributed by atoms with Gasteiger partial charge in [0.05, 0.1) is 24.1 Å². The van der Waals surface area contributed by atoms with E-state index in [-0.39, 0.29) is 6.61 Å². The average Bonchev–Trinajstić information content (AvgIpc) is 2.77. The molecule has 4 nitrogen and oxygen atoms in total. The van der Waals surface area contributed by atoms with E-state index in [0.717, 1.165) is 12.1 Å². The summed E-state index contributed by atoms with van der Waals surface area (Å²) in [4.78, 5) is 0. The van der Waals surface area contributed by atoms with Crippen molar-refractivity contribution in [2.24, 2.45) is 0 Å². The van der Waals surface area contributed by atoms with Gasteiger partial charge in [-0.25, -0.2) is 4.68 Å². The average molecular weight is 257 g/mol. The Labute approximate surface area is 101 Å². The predicted molar refractivity (Wildman–Crippen MR) is 57.1 cm³/mol. The summed E-state index contributed by atoms with van der Waals surface area (Å²) in [6.45, 7) is 0.263. The maximum Gasteiger partial charge on any atom is 0.416 e. The topological polar surface area (TPSA) is 39.9 Å². The van der Waals surface area contributed by atoms with Gasteiger partial charge in [0, 0.05) is 7.11 Å². The molecule has 18 heavy (non-hydrogen) atoms. The number of benzene rings is 1. The molecule has 0 atom stereocenters. The molecule has 0 unspecified atom stereocenters. The molecular weight excluding hydrogens is 247 g/mol. The molecule has 0 aliphatic rings. The van der Waals surface area contributed by atoms with Gasteiger partial charge in [-0.1, -0.05) is 11.3 Å². The third-order valence-corrected chi connectivity index (χ3v) is 2.27. The fourth-order valence-corrected chi connectivity index (χ4v) is 1.46. The molecule has 0 N–H and O–H groups in total. The standard InChI is InChI=1S/C11H10F3N3O/c1-18-7-9-6-17(16-15-9)10-4-2-3-8(5-10)11(12,13)14/h2-6H,7H2,1H3. The van der Waals surface area contributed by atoms with Crippen molar-refractivity contribution in [3.8, 4) is 5.69 Å². The fourth-order valence-electron chi connectivity index (χ4n) is 1.46. The normalized spacial score (nSPS) is 11.8. The maximum absolute atomic E-state index is 12.5. The minimum Gasteiger partial charge on any atom is -0.378 e. The van der Waals surface area contributed by atoms with Crippen LogP contribution in [0.3, 0.4) is 0 Å². The van der Waals surface area contributed by atoms with E-state index in [9.17, 15) is 13.2 Å². The number of nitrogens with zero attached hydrogens (tertiary/aromatic N) is 3. The molecule has 0 bridgehead atoms. The van der Waals surface area contributed by atoms with Gasteiger partial charge in [0.15, 0.2) is 0 Å². The Bertz CT molecular complexity index is 536. The second kappa shape index (κ2) is 4.77. The zero-order valence-corrected chi connectivity index (χ0v) is 9.48. The van der Waals surface area contributed by atoms with E-state index < -0.39 is 11.7 Å². The molecule has 0 aliphatic heterocycles. The van der Waals surface area contributed by atoms with E-state index in [1.165, 1.54) is 30.1 Å². The molecule has 2 aromatic rings. The van der Waals surface area contributed by atoms with Crippen LogP contribution in [-0.4, -0.2) is 22.1 Å². The highest BCUT2D eigenvalue weighted by Crippen LogP contribution is 2.30. The Balaban J connectivity index is 2.32. The number of rotatable bonds is 3. The van der Waals surface area contributed by atoms with Crippen LogP contribution in [0.2, 0.25) is 0 Å². The molecule has 1 aromatic heterocycles. The molecule has 1 aromatic carbocycles. The van der Waals surface area contributed by atoms with Crippen molar-refractivity contribution >= 4 is 0 Å². The van der Waals surface area contributed by atoms with Crippen LogP contribution in [0, 0.1) is 0 Å². The summed E-state index contributed by atoms with van der Waals surface area (Å²) in [6, 6.07) is 4.89. The highest BCUT2D eigenvalue weighted by molar-refractivity contribution is 5.36.